The molecule has 0 amide bonds. The summed E-state index contributed by atoms with van der Waals surface area (Å²) < 4.78 is 17.4. The van der Waals surface area contributed by atoms with Crippen molar-refractivity contribution in [2.24, 2.45) is 5.73 Å². The molecule has 0 aromatic carbocycles. The molecule has 1 fully saturated rings. The third-order valence-corrected chi connectivity index (χ3v) is 5.12. The Hall–Kier alpha value is 0.0700. The van der Waals surface area contributed by atoms with E-state index in [1.165, 1.54) is 0 Å². The molecular formula is C10H21NO2S. The third kappa shape index (κ3) is 3.33. The van der Waals surface area contributed by atoms with Gasteiger partial charge < -0.3 is 10.5 Å². The number of hydrogen-bond acceptors (Lipinski definition) is 3. The fourth-order valence-corrected chi connectivity index (χ4v) is 3.75. The van der Waals surface area contributed by atoms with Crippen LogP contribution in [-0.2, 0) is 15.5 Å². The second kappa shape index (κ2) is 6.53. The summed E-state index contributed by atoms with van der Waals surface area (Å²) in [6.45, 7) is 4.29. The van der Waals surface area contributed by atoms with Gasteiger partial charge in [-0.2, -0.15) is 0 Å². The average molecular weight is 219 g/mol. The van der Waals surface area contributed by atoms with E-state index < -0.39 is 10.8 Å². The lowest BCUT2D eigenvalue weighted by molar-refractivity contribution is 0.0990. The highest BCUT2D eigenvalue weighted by Crippen LogP contribution is 2.19. The van der Waals surface area contributed by atoms with Crippen molar-refractivity contribution in [3.63, 3.8) is 0 Å². The SMILES string of the molecule is CCC(CCN)S(=O)C1CCOCC1. The minimum atomic E-state index is -0.704. The summed E-state index contributed by atoms with van der Waals surface area (Å²) >= 11 is 0. The predicted octanol–water partition coefficient (Wildman–Crippen LogP) is 1.04. The van der Waals surface area contributed by atoms with Gasteiger partial charge >= 0.3 is 0 Å². The lowest BCUT2D eigenvalue weighted by atomic mass is 10.2. The van der Waals surface area contributed by atoms with Gasteiger partial charge in [0.15, 0.2) is 0 Å². The van der Waals surface area contributed by atoms with Crippen molar-refractivity contribution in [1.29, 1.82) is 0 Å². The van der Waals surface area contributed by atoms with Crippen LogP contribution in [0.15, 0.2) is 0 Å². The molecule has 1 aliphatic heterocycles. The minimum absolute atomic E-state index is 0.295. The molecule has 0 aliphatic carbocycles. The summed E-state index contributed by atoms with van der Waals surface area (Å²) in [5.41, 5.74) is 5.51. The average Bonchev–Trinajstić information content (AvgIpc) is 2.26. The Labute approximate surface area is 88.8 Å². The van der Waals surface area contributed by atoms with Crippen LogP contribution in [0.25, 0.3) is 0 Å². The first-order valence-corrected chi connectivity index (χ1v) is 6.74. The van der Waals surface area contributed by atoms with E-state index >= 15 is 0 Å². The van der Waals surface area contributed by atoms with Crippen LogP contribution < -0.4 is 5.73 Å². The van der Waals surface area contributed by atoms with E-state index in [9.17, 15) is 4.21 Å². The second-order valence-corrected chi connectivity index (χ2v) is 5.74. The monoisotopic (exact) mass is 219 g/mol. The number of hydrogen-bond donors (Lipinski definition) is 1. The quantitative estimate of drug-likeness (QED) is 0.751. The van der Waals surface area contributed by atoms with E-state index in [4.69, 9.17) is 10.5 Å². The Morgan fingerprint density at radius 2 is 2.14 bits per heavy atom. The first-order valence-electron chi connectivity index (χ1n) is 5.46. The number of ether oxygens (including phenoxy) is 1. The summed E-state index contributed by atoms with van der Waals surface area (Å²) in [5, 5.41) is 0.642. The number of nitrogens with two attached hydrogens (primary N) is 1. The maximum absolute atomic E-state index is 12.1. The van der Waals surface area contributed by atoms with Crippen molar-refractivity contribution in [2.75, 3.05) is 19.8 Å². The van der Waals surface area contributed by atoms with Gasteiger partial charge in [-0.15, -0.1) is 0 Å². The largest absolute Gasteiger partial charge is 0.381 e. The Morgan fingerprint density at radius 1 is 1.50 bits per heavy atom. The molecule has 1 heterocycles. The van der Waals surface area contributed by atoms with E-state index in [0.29, 0.717) is 17.0 Å². The van der Waals surface area contributed by atoms with Gasteiger partial charge in [-0.1, -0.05) is 6.92 Å². The van der Waals surface area contributed by atoms with Gasteiger partial charge in [0.2, 0.25) is 0 Å². The van der Waals surface area contributed by atoms with Crippen molar-refractivity contribution in [3.8, 4) is 0 Å². The Kier molecular flexibility index (Phi) is 5.67. The molecule has 0 saturated carbocycles. The molecule has 1 aliphatic rings. The fraction of sp³-hybridized carbons (Fsp3) is 1.00. The van der Waals surface area contributed by atoms with Crippen LogP contribution >= 0.6 is 0 Å². The summed E-state index contributed by atoms with van der Waals surface area (Å²) in [7, 11) is -0.704. The Balaban J connectivity index is 2.43. The maximum atomic E-state index is 12.1. The lowest BCUT2D eigenvalue weighted by Crippen LogP contribution is -2.32. The molecule has 2 unspecified atom stereocenters. The van der Waals surface area contributed by atoms with E-state index in [0.717, 1.165) is 38.9 Å². The minimum Gasteiger partial charge on any atom is -0.381 e. The highest BCUT2D eigenvalue weighted by molar-refractivity contribution is 7.86. The zero-order valence-electron chi connectivity index (χ0n) is 8.91. The van der Waals surface area contributed by atoms with E-state index in [1.54, 1.807) is 0 Å². The molecule has 1 rings (SSSR count). The van der Waals surface area contributed by atoms with Crippen molar-refractivity contribution >= 4 is 10.8 Å². The smallest absolute Gasteiger partial charge is 0.0477 e. The van der Waals surface area contributed by atoms with Crippen LogP contribution in [-0.4, -0.2) is 34.5 Å². The van der Waals surface area contributed by atoms with Gasteiger partial charge in [-0.05, 0) is 32.2 Å². The van der Waals surface area contributed by atoms with E-state index in [2.05, 4.69) is 6.92 Å². The van der Waals surface area contributed by atoms with Crippen molar-refractivity contribution < 1.29 is 8.95 Å². The Morgan fingerprint density at radius 3 is 2.64 bits per heavy atom. The van der Waals surface area contributed by atoms with Gasteiger partial charge in [0.1, 0.15) is 0 Å². The van der Waals surface area contributed by atoms with Crippen molar-refractivity contribution in [1.82, 2.24) is 0 Å². The van der Waals surface area contributed by atoms with Crippen molar-refractivity contribution in [3.05, 3.63) is 0 Å². The molecule has 2 atom stereocenters. The molecule has 4 heteroatoms. The molecule has 0 radical (unpaired) electrons. The zero-order valence-corrected chi connectivity index (χ0v) is 9.72. The van der Waals surface area contributed by atoms with Crippen LogP contribution in [0.3, 0.4) is 0 Å². The Bertz CT molecular complexity index is 174. The van der Waals surface area contributed by atoms with Crippen LogP contribution in [0.4, 0.5) is 0 Å². The zero-order chi connectivity index (χ0) is 10.4. The normalized spacial score (nSPS) is 23.3. The molecule has 14 heavy (non-hydrogen) atoms. The highest BCUT2D eigenvalue weighted by atomic mass is 32.2. The molecule has 2 N–H and O–H groups in total. The summed E-state index contributed by atoms with van der Waals surface area (Å²) in [6.07, 6.45) is 3.77. The lowest BCUT2D eigenvalue weighted by Gasteiger charge is -2.25. The van der Waals surface area contributed by atoms with Crippen molar-refractivity contribution in [2.45, 2.75) is 43.1 Å². The molecule has 0 aromatic rings. The van der Waals surface area contributed by atoms with Gasteiger partial charge in [0.05, 0.1) is 0 Å². The highest BCUT2D eigenvalue weighted by Gasteiger charge is 2.25. The molecular weight excluding hydrogens is 198 g/mol. The van der Waals surface area contributed by atoms with Crippen LogP contribution in [0, 0.1) is 0 Å². The van der Waals surface area contributed by atoms with Gasteiger partial charge in [0.25, 0.3) is 0 Å². The first kappa shape index (κ1) is 12.1. The summed E-state index contributed by atoms with van der Waals surface area (Å²) in [6, 6.07) is 0. The molecule has 0 aromatic heterocycles. The third-order valence-electron chi connectivity index (χ3n) is 2.77. The number of rotatable bonds is 5. The standard InChI is InChI=1S/C10H21NO2S/c1-2-9(3-6-11)14(12)10-4-7-13-8-5-10/h9-10H,2-8,11H2,1H3. The molecule has 1 saturated heterocycles. The van der Waals surface area contributed by atoms with E-state index in [1.807, 2.05) is 0 Å². The fourth-order valence-electron chi connectivity index (χ4n) is 1.85. The second-order valence-electron chi connectivity index (χ2n) is 3.75. The van der Waals surface area contributed by atoms with E-state index in [-0.39, 0.29) is 0 Å². The van der Waals surface area contributed by atoms with Gasteiger partial charge in [-0.3, -0.25) is 4.21 Å². The molecule has 84 valence electrons. The van der Waals surface area contributed by atoms with Crippen LogP contribution in [0.5, 0.6) is 0 Å². The molecule has 0 bridgehead atoms. The first-order chi connectivity index (χ1) is 6.79. The maximum Gasteiger partial charge on any atom is 0.0477 e. The van der Waals surface area contributed by atoms with Gasteiger partial charge in [-0.25, -0.2) is 0 Å². The summed E-state index contributed by atoms with van der Waals surface area (Å²) in [4.78, 5) is 0. The molecule has 0 spiro atoms. The van der Waals surface area contributed by atoms with Crippen LogP contribution in [0.1, 0.15) is 32.6 Å². The summed E-state index contributed by atoms with van der Waals surface area (Å²) in [5.74, 6) is 0. The molecule has 3 nitrogen and oxygen atoms in total. The predicted molar refractivity (Wildman–Crippen MR) is 59.7 cm³/mol. The van der Waals surface area contributed by atoms with Gasteiger partial charge in [0, 0.05) is 34.5 Å². The topological polar surface area (TPSA) is 52.3 Å². The van der Waals surface area contributed by atoms with Crippen LogP contribution in [0.2, 0.25) is 0 Å².